The highest BCUT2D eigenvalue weighted by molar-refractivity contribution is 6.01. The lowest BCUT2D eigenvalue weighted by atomic mass is 10.2. The average molecular weight is 369 g/mol. The number of ether oxygens (including phenoxy) is 4. The van der Waals surface area contributed by atoms with Crippen molar-refractivity contribution in [1.82, 2.24) is 5.32 Å². The van der Waals surface area contributed by atoms with Gasteiger partial charge in [-0.1, -0.05) is 0 Å². The smallest absolute Gasteiger partial charge is 0.325 e. The number of nitrogens with zero attached hydrogens (tertiary/aromatic N) is 1. The van der Waals surface area contributed by atoms with E-state index in [2.05, 4.69) is 10.6 Å². The molecule has 0 fully saturated rings. The average Bonchev–Trinajstić information content (AvgIpc) is 3.13. The van der Waals surface area contributed by atoms with E-state index in [-0.39, 0.29) is 12.5 Å². The van der Waals surface area contributed by atoms with Crippen LogP contribution < -0.4 is 29.6 Å². The number of rotatable bonds is 5. The van der Waals surface area contributed by atoms with Gasteiger partial charge in [0.25, 0.3) is 5.91 Å². The standard InChI is InChI=1S/C18H15N3O6/c1-24-15-6-11(8-19)2-4-13(15)25-9-17(22)21-18(23)20-12-3-5-14-16(7-12)27-10-26-14/h2-7H,9-10H2,1H3,(H2,20,21,22,23). The first-order valence-electron chi connectivity index (χ1n) is 7.80. The molecule has 0 spiro atoms. The number of benzene rings is 2. The van der Waals surface area contributed by atoms with Gasteiger partial charge in [0.05, 0.1) is 18.7 Å². The fourth-order valence-corrected chi connectivity index (χ4v) is 2.30. The van der Waals surface area contributed by atoms with Crippen LogP contribution in [0.25, 0.3) is 0 Å². The maximum Gasteiger partial charge on any atom is 0.325 e. The molecule has 2 aromatic carbocycles. The van der Waals surface area contributed by atoms with Gasteiger partial charge in [-0.25, -0.2) is 4.79 Å². The Bertz CT molecular complexity index is 922. The summed E-state index contributed by atoms with van der Waals surface area (Å²) in [7, 11) is 1.42. The fourth-order valence-electron chi connectivity index (χ4n) is 2.30. The Labute approximate surface area is 154 Å². The van der Waals surface area contributed by atoms with Gasteiger partial charge in [0.2, 0.25) is 6.79 Å². The third kappa shape index (κ3) is 4.38. The van der Waals surface area contributed by atoms with E-state index in [1.807, 2.05) is 6.07 Å². The minimum atomic E-state index is -0.714. The maximum absolute atomic E-state index is 11.9. The van der Waals surface area contributed by atoms with E-state index in [1.165, 1.54) is 25.3 Å². The predicted octanol–water partition coefficient (Wildman–Crippen LogP) is 2.02. The Morgan fingerprint density at radius 2 is 1.96 bits per heavy atom. The van der Waals surface area contributed by atoms with Crippen LogP contribution in [0.3, 0.4) is 0 Å². The minimum Gasteiger partial charge on any atom is -0.493 e. The summed E-state index contributed by atoms with van der Waals surface area (Å²) in [6.45, 7) is -0.281. The SMILES string of the molecule is COc1cc(C#N)ccc1OCC(=O)NC(=O)Nc1ccc2c(c1)OCO2. The second-order valence-electron chi connectivity index (χ2n) is 5.34. The van der Waals surface area contributed by atoms with Gasteiger partial charge in [0.1, 0.15) is 0 Å². The highest BCUT2D eigenvalue weighted by Gasteiger charge is 2.15. The molecule has 0 saturated carbocycles. The number of imide groups is 1. The lowest BCUT2D eigenvalue weighted by Crippen LogP contribution is -2.37. The summed E-state index contributed by atoms with van der Waals surface area (Å²) in [6, 6.07) is 10.6. The van der Waals surface area contributed by atoms with Crippen LogP contribution in [0.1, 0.15) is 5.56 Å². The number of fused-ring (bicyclic) bond motifs is 1. The summed E-state index contributed by atoms with van der Waals surface area (Å²) in [5, 5.41) is 13.5. The van der Waals surface area contributed by atoms with Crippen molar-refractivity contribution in [2.24, 2.45) is 0 Å². The molecule has 0 unspecified atom stereocenters. The lowest BCUT2D eigenvalue weighted by molar-refractivity contribution is -0.121. The molecule has 0 aliphatic carbocycles. The Kier molecular flexibility index (Phi) is 5.28. The van der Waals surface area contributed by atoms with Gasteiger partial charge in [-0.3, -0.25) is 10.1 Å². The Hall–Kier alpha value is -3.93. The lowest BCUT2D eigenvalue weighted by Gasteiger charge is -2.11. The summed E-state index contributed by atoms with van der Waals surface area (Å²) in [5.41, 5.74) is 0.839. The van der Waals surface area contributed by atoms with Crippen LogP contribution in [0.15, 0.2) is 36.4 Å². The summed E-state index contributed by atoms with van der Waals surface area (Å²) in [5.74, 6) is 1.03. The molecule has 9 heteroatoms. The van der Waals surface area contributed by atoms with E-state index < -0.39 is 18.5 Å². The van der Waals surface area contributed by atoms with Crippen molar-refractivity contribution >= 4 is 17.6 Å². The Morgan fingerprint density at radius 3 is 2.74 bits per heavy atom. The van der Waals surface area contributed by atoms with Crippen molar-refractivity contribution in [3.8, 4) is 29.1 Å². The monoisotopic (exact) mass is 369 g/mol. The molecule has 9 nitrogen and oxygen atoms in total. The molecule has 1 aliphatic heterocycles. The Balaban J connectivity index is 1.52. The van der Waals surface area contributed by atoms with E-state index in [1.54, 1.807) is 18.2 Å². The molecule has 0 radical (unpaired) electrons. The number of carbonyl (C=O) groups excluding carboxylic acids is 2. The zero-order valence-electron chi connectivity index (χ0n) is 14.3. The number of urea groups is 1. The van der Waals surface area contributed by atoms with E-state index in [0.29, 0.717) is 28.5 Å². The van der Waals surface area contributed by atoms with Crippen molar-refractivity contribution in [3.63, 3.8) is 0 Å². The molecule has 1 heterocycles. The summed E-state index contributed by atoms with van der Waals surface area (Å²) in [4.78, 5) is 23.8. The van der Waals surface area contributed by atoms with E-state index in [4.69, 9.17) is 24.2 Å². The molecule has 3 amide bonds. The topological polar surface area (TPSA) is 119 Å². The van der Waals surface area contributed by atoms with Crippen LogP contribution >= 0.6 is 0 Å². The number of hydrogen-bond donors (Lipinski definition) is 2. The zero-order valence-corrected chi connectivity index (χ0v) is 14.3. The van der Waals surface area contributed by atoms with Crippen molar-refractivity contribution in [3.05, 3.63) is 42.0 Å². The second-order valence-corrected chi connectivity index (χ2v) is 5.34. The molecule has 0 bridgehead atoms. The number of nitriles is 1. The van der Waals surface area contributed by atoms with Gasteiger partial charge in [-0.15, -0.1) is 0 Å². The summed E-state index contributed by atoms with van der Waals surface area (Å²) >= 11 is 0. The number of nitrogens with one attached hydrogen (secondary N) is 2. The van der Waals surface area contributed by atoms with Crippen molar-refractivity contribution in [2.75, 3.05) is 25.8 Å². The van der Waals surface area contributed by atoms with Gasteiger partial charge < -0.3 is 24.3 Å². The summed E-state index contributed by atoms with van der Waals surface area (Å²) < 4.78 is 20.8. The third-order valence-electron chi connectivity index (χ3n) is 3.53. The predicted molar refractivity (Wildman–Crippen MR) is 92.9 cm³/mol. The molecule has 0 atom stereocenters. The van der Waals surface area contributed by atoms with Gasteiger partial charge in [-0.2, -0.15) is 5.26 Å². The van der Waals surface area contributed by atoms with Gasteiger partial charge in [-0.05, 0) is 24.3 Å². The first-order chi connectivity index (χ1) is 13.1. The van der Waals surface area contributed by atoms with Crippen LogP contribution in [-0.4, -0.2) is 32.4 Å². The molecule has 138 valence electrons. The maximum atomic E-state index is 11.9. The minimum absolute atomic E-state index is 0.125. The Morgan fingerprint density at radius 1 is 1.15 bits per heavy atom. The quantitative estimate of drug-likeness (QED) is 0.827. The fraction of sp³-hybridized carbons (Fsp3) is 0.167. The van der Waals surface area contributed by atoms with Crippen molar-refractivity contribution in [1.29, 1.82) is 5.26 Å². The number of carbonyl (C=O) groups is 2. The van der Waals surface area contributed by atoms with Crippen molar-refractivity contribution in [2.45, 2.75) is 0 Å². The van der Waals surface area contributed by atoms with Crippen LogP contribution in [0.4, 0.5) is 10.5 Å². The number of anilines is 1. The van der Waals surface area contributed by atoms with Gasteiger partial charge in [0.15, 0.2) is 29.6 Å². The van der Waals surface area contributed by atoms with Crippen molar-refractivity contribution < 1.29 is 28.5 Å². The molecular weight excluding hydrogens is 354 g/mol. The molecular formula is C18H15N3O6. The molecule has 2 N–H and O–H groups in total. The molecule has 3 rings (SSSR count). The van der Waals surface area contributed by atoms with Crippen LogP contribution in [0.2, 0.25) is 0 Å². The summed E-state index contributed by atoms with van der Waals surface area (Å²) in [6.07, 6.45) is 0. The van der Waals surface area contributed by atoms with Gasteiger partial charge >= 0.3 is 6.03 Å². The molecule has 27 heavy (non-hydrogen) atoms. The normalized spacial score (nSPS) is 11.3. The molecule has 2 aromatic rings. The van der Waals surface area contributed by atoms with E-state index in [0.717, 1.165) is 0 Å². The van der Waals surface area contributed by atoms with E-state index >= 15 is 0 Å². The van der Waals surface area contributed by atoms with Gasteiger partial charge in [0, 0.05) is 17.8 Å². The highest BCUT2D eigenvalue weighted by Crippen LogP contribution is 2.34. The van der Waals surface area contributed by atoms with Crippen LogP contribution in [-0.2, 0) is 4.79 Å². The second kappa shape index (κ2) is 7.97. The van der Waals surface area contributed by atoms with Crippen LogP contribution in [0.5, 0.6) is 23.0 Å². The van der Waals surface area contributed by atoms with E-state index in [9.17, 15) is 9.59 Å². The molecule has 0 saturated heterocycles. The largest absolute Gasteiger partial charge is 0.493 e. The zero-order chi connectivity index (χ0) is 19.2. The first-order valence-corrected chi connectivity index (χ1v) is 7.80. The number of methoxy groups -OCH3 is 1. The first kappa shape index (κ1) is 17.9. The number of amides is 3. The molecule has 1 aliphatic rings. The number of hydrogen-bond acceptors (Lipinski definition) is 7. The highest BCUT2D eigenvalue weighted by atomic mass is 16.7. The third-order valence-corrected chi connectivity index (χ3v) is 3.53. The molecule has 0 aromatic heterocycles. The van der Waals surface area contributed by atoms with Crippen LogP contribution in [0, 0.1) is 11.3 Å².